The Balaban J connectivity index is 2.46. The summed E-state index contributed by atoms with van der Waals surface area (Å²) in [6, 6.07) is 1.66. The van der Waals surface area contributed by atoms with Crippen molar-refractivity contribution in [2.24, 2.45) is 5.11 Å². The molecule has 2 aromatic heterocycles. The van der Waals surface area contributed by atoms with Crippen LogP contribution in [0.2, 0.25) is 5.15 Å². The maximum absolute atomic E-state index is 11.3. The molecule has 26 heavy (non-hydrogen) atoms. The highest BCUT2D eigenvalue weighted by Gasteiger charge is 2.24. The molecule has 0 aromatic carbocycles. The molecule has 0 fully saturated rings. The molecule has 0 aliphatic carbocycles. The molecule has 2 rings (SSSR count). The van der Waals surface area contributed by atoms with Crippen molar-refractivity contribution in [3.8, 4) is 5.88 Å². The summed E-state index contributed by atoms with van der Waals surface area (Å²) in [5.41, 5.74) is 8.66. The Morgan fingerprint density at radius 1 is 1.35 bits per heavy atom. The number of hydrogen-bond donors (Lipinski definition) is 0. The van der Waals surface area contributed by atoms with Crippen molar-refractivity contribution in [3.05, 3.63) is 39.6 Å². The first-order valence-corrected chi connectivity index (χ1v) is 10.3. The van der Waals surface area contributed by atoms with Gasteiger partial charge in [-0.1, -0.05) is 30.6 Å². The van der Waals surface area contributed by atoms with Crippen LogP contribution in [-0.4, -0.2) is 36.5 Å². The first kappa shape index (κ1) is 20.2. The van der Waals surface area contributed by atoms with Gasteiger partial charge in [0.05, 0.1) is 22.8 Å². The van der Waals surface area contributed by atoms with Gasteiger partial charge in [-0.2, -0.15) is 0 Å². The summed E-state index contributed by atoms with van der Waals surface area (Å²) in [6.45, 7) is 5.32. The smallest absolute Gasteiger partial charge is 0.223 e. The molecule has 8 nitrogen and oxygen atoms in total. The average molecular weight is 398 g/mol. The van der Waals surface area contributed by atoms with Crippen LogP contribution in [-0.2, 0) is 15.4 Å². The number of aromatic nitrogens is 2. The van der Waals surface area contributed by atoms with E-state index in [1.165, 1.54) is 6.26 Å². The lowest BCUT2D eigenvalue weighted by Gasteiger charge is -2.22. The van der Waals surface area contributed by atoms with Gasteiger partial charge in [0.2, 0.25) is 5.88 Å². The normalized spacial score (nSPS) is 13.3. The molecule has 0 aliphatic rings. The summed E-state index contributed by atoms with van der Waals surface area (Å²) in [6.07, 6.45) is 4.29. The number of sulfone groups is 1. The first-order valence-electron chi connectivity index (χ1n) is 7.89. The summed E-state index contributed by atoms with van der Waals surface area (Å²) in [4.78, 5) is 11.3. The molecule has 0 saturated carbocycles. The molecule has 1 atom stereocenters. The standard InChI is InChI=1S/C16H20ClN5O3S/c1-10(5-6-26(4,23)24)25-15-12-8-19-14(17)7-11(12)13(9-20-15)16(2,3)21-22-18/h7-10H,5-6H2,1-4H3/t10-/m0/s1. The Kier molecular flexibility index (Phi) is 5.95. The van der Waals surface area contributed by atoms with Crippen LogP contribution in [0.25, 0.3) is 21.2 Å². The number of hydrogen-bond acceptors (Lipinski definition) is 6. The maximum Gasteiger partial charge on any atom is 0.223 e. The molecule has 0 saturated heterocycles. The maximum atomic E-state index is 11.3. The average Bonchev–Trinajstić information content (AvgIpc) is 2.52. The Morgan fingerprint density at radius 2 is 2.04 bits per heavy atom. The second kappa shape index (κ2) is 7.65. The fraction of sp³-hybridized carbons (Fsp3) is 0.500. The number of halogens is 1. The van der Waals surface area contributed by atoms with E-state index in [4.69, 9.17) is 21.9 Å². The molecule has 0 radical (unpaired) electrons. The quantitative estimate of drug-likeness (QED) is 0.302. The van der Waals surface area contributed by atoms with Gasteiger partial charge in [0.1, 0.15) is 15.0 Å². The van der Waals surface area contributed by atoms with E-state index >= 15 is 0 Å². The summed E-state index contributed by atoms with van der Waals surface area (Å²) in [5.74, 6) is 0.351. The highest BCUT2D eigenvalue weighted by Crippen LogP contribution is 2.35. The lowest BCUT2D eigenvalue weighted by molar-refractivity contribution is 0.212. The lowest BCUT2D eigenvalue weighted by Crippen LogP contribution is -2.19. The fourth-order valence-electron chi connectivity index (χ4n) is 2.46. The van der Waals surface area contributed by atoms with Crippen molar-refractivity contribution < 1.29 is 13.2 Å². The fourth-order valence-corrected chi connectivity index (χ4v) is 3.38. The predicted molar refractivity (Wildman–Crippen MR) is 101 cm³/mol. The van der Waals surface area contributed by atoms with Gasteiger partial charge in [0, 0.05) is 23.6 Å². The lowest BCUT2D eigenvalue weighted by atomic mass is 9.93. The van der Waals surface area contributed by atoms with Crippen molar-refractivity contribution >= 4 is 32.2 Å². The molecule has 0 unspecified atom stereocenters. The number of fused-ring (bicyclic) bond motifs is 1. The third-order valence-electron chi connectivity index (χ3n) is 3.86. The minimum atomic E-state index is -3.07. The minimum absolute atomic E-state index is 0.0260. The Morgan fingerprint density at radius 3 is 2.65 bits per heavy atom. The van der Waals surface area contributed by atoms with E-state index in [1.807, 2.05) is 0 Å². The van der Waals surface area contributed by atoms with E-state index in [2.05, 4.69) is 20.0 Å². The van der Waals surface area contributed by atoms with Crippen LogP contribution in [0.5, 0.6) is 5.88 Å². The number of ether oxygens (including phenoxy) is 1. The zero-order chi connectivity index (χ0) is 19.5. The second-order valence-electron chi connectivity index (χ2n) is 6.63. The van der Waals surface area contributed by atoms with Gasteiger partial charge in [-0.25, -0.2) is 18.4 Å². The van der Waals surface area contributed by atoms with Crippen LogP contribution in [0, 0.1) is 0 Å². The van der Waals surface area contributed by atoms with Crippen LogP contribution in [0.1, 0.15) is 32.8 Å². The van der Waals surface area contributed by atoms with Crippen molar-refractivity contribution in [1.82, 2.24) is 9.97 Å². The molecule has 140 valence electrons. The van der Waals surface area contributed by atoms with Gasteiger partial charge in [0.25, 0.3) is 0 Å². The molecular formula is C16H20ClN5O3S. The molecular weight excluding hydrogens is 378 g/mol. The molecule has 0 N–H and O–H groups in total. The topological polar surface area (TPSA) is 118 Å². The van der Waals surface area contributed by atoms with Gasteiger partial charge in [-0.15, -0.1) is 0 Å². The van der Waals surface area contributed by atoms with Crippen molar-refractivity contribution in [1.29, 1.82) is 0 Å². The summed E-state index contributed by atoms with van der Waals surface area (Å²) in [7, 11) is -3.07. The van der Waals surface area contributed by atoms with Gasteiger partial charge in [0.15, 0.2) is 0 Å². The van der Waals surface area contributed by atoms with E-state index in [1.54, 1.807) is 39.2 Å². The van der Waals surface area contributed by atoms with Crippen molar-refractivity contribution in [3.63, 3.8) is 0 Å². The predicted octanol–water partition coefficient (Wildman–Crippen LogP) is 4.03. The molecule has 10 heteroatoms. The molecule has 0 spiro atoms. The van der Waals surface area contributed by atoms with Crippen molar-refractivity contribution in [2.45, 2.75) is 38.8 Å². The third kappa shape index (κ3) is 4.97. The molecule has 2 aromatic rings. The first-order chi connectivity index (χ1) is 12.0. The zero-order valence-corrected chi connectivity index (χ0v) is 16.5. The van der Waals surface area contributed by atoms with E-state index in [9.17, 15) is 8.42 Å². The van der Waals surface area contributed by atoms with Gasteiger partial charge >= 0.3 is 0 Å². The van der Waals surface area contributed by atoms with Crippen LogP contribution in [0.3, 0.4) is 0 Å². The highest BCUT2D eigenvalue weighted by molar-refractivity contribution is 7.90. The van der Waals surface area contributed by atoms with Gasteiger partial charge in [-0.05, 0) is 35.9 Å². The van der Waals surface area contributed by atoms with E-state index in [0.717, 1.165) is 0 Å². The Hall–Kier alpha value is -2.09. The van der Waals surface area contributed by atoms with Crippen molar-refractivity contribution in [2.75, 3.05) is 12.0 Å². The van der Waals surface area contributed by atoms with Crippen LogP contribution < -0.4 is 4.74 Å². The number of pyridine rings is 2. The van der Waals surface area contributed by atoms with Crippen LogP contribution in [0.4, 0.5) is 0 Å². The van der Waals surface area contributed by atoms with E-state index in [0.29, 0.717) is 28.6 Å². The SMILES string of the molecule is C[C@@H](CCS(C)(=O)=O)Oc1ncc(C(C)(C)N=[N+]=[N-])c2cc(Cl)ncc12. The van der Waals surface area contributed by atoms with E-state index in [-0.39, 0.29) is 17.0 Å². The third-order valence-corrected chi connectivity index (χ3v) is 5.05. The molecule has 0 amide bonds. The minimum Gasteiger partial charge on any atom is -0.474 e. The van der Waals surface area contributed by atoms with Gasteiger partial charge in [-0.3, -0.25) is 0 Å². The van der Waals surface area contributed by atoms with Gasteiger partial charge < -0.3 is 4.74 Å². The molecule has 0 aliphatic heterocycles. The van der Waals surface area contributed by atoms with E-state index < -0.39 is 15.4 Å². The molecule has 2 heterocycles. The summed E-state index contributed by atoms with van der Waals surface area (Å²) >= 11 is 6.03. The van der Waals surface area contributed by atoms with Crippen LogP contribution in [0.15, 0.2) is 23.6 Å². The highest BCUT2D eigenvalue weighted by atomic mass is 35.5. The zero-order valence-electron chi connectivity index (χ0n) is 15.0. The Labute approximate surface area is 157 Å². The number of azide groups is 1. The Bertz CT molecular complexity index is 971. The number of rotatable bonds is 7. The monoisotopic (exact) mass is 397 g/mol. The summed E-state index contributed by atoms with van der Waals surface area (Å²) in [5, 5.41) is 5.43. The largest absolute Gasteiger partial charge is 0.474 e. The summed E-state index contributed by atoms with van der Waals surface area (Å²) < 4.78 is 28.5. The molecule has 0 bridgehead atoms. The van der Waals surface area contributed by atoms with Crippen LogP contribution >= 0.6 is 11.6 Å². The number of nitrogens with zero attached hydrogens (tertiary/aromatic N) is 5. The second-order valence-corrected chi connectivity index (χ2v) is 9.27.